The van der Waals surface area contributed by atoms with Crippen molar-refractivity contribution in [3.8, 4) is 11.8 Å². The van der Waals surface area contributed by atoms with E-state index in [0.717, 1.165) is 91.1 Å². The van der Waals surface area contributed by atoms with Crippen molar-refractivity contribution < 1.29 is 23.4 Å². The van der Waals surface area contributed by atoms with Gasteiger partial charge in [0.15, 0.2) is 5.69 Å². The van der Waals surface area contributed by atoms with Gasteiger partial charge in [0.05, 0.1) is 30.0 Å². The number of anilines is 2. The number of halogens is 2. The number of benzene rings is 2. The lowest BCUT2D eigenvalue weighted by atomic mass is 9.88. The second-order valence-electron chi connectivity index (χ2n) is 16.2. The summed E-state index contributed by atoms with van der Waals surface area (Å²) < 4.78 is 38.3. The molecule has 4 saturated heterocycles. The highest BCUT2D eigenvalue weighted by Gasteiger charge is 2.50. The fourth-order valence-corrected chi connectivity index (χ4v) is 10.3. The third-order valence-corrected chi connectivity index (χ3v) is 12.9. The van der Waals surface area contributed by atoms with Crippen LogP contribution in [0.25, 0.3) is 10.8 Å². The normalized spacial score (nSPS) is 26.4. The molecule has 0 radical (unpaired) electrons. The number of aryl methyl sites for hydroxylation is 2. The van der Waals surface area contributed by atoms with Crippen LogP contribution in [-0.4, -0.2) is 110 Å². The number of phenols is 1. The van der Waals surface area contributed by atoms with E-state index in [1.165, 1.54) is 6.07 Å². The summed E-state index contributed by atoms with van der Waals surface area (Å²) in [6.45, 7) is 8.23. The van der Waals surface area contributed by atoms with Gasteiger partial charge in [-0.15, -0.1) is 0 Å². The van der Waals surface area contributed by atoms with Crippen LogP contribution in [0.15, 0.2) is 30.3 Å². The van der Waals surface area contributed by atoms with Gasteiger partial charge in [0.1, 0.15) is 30.2 Å². The van der Waals surface area contributed by atoms with Crippen LogP contribution in [-0.2, 0) is 32.5 Å². The van der Waals surface area contributed by atoms with E-state index in [-0.39, 0.29) is 41.1 Å². The summed E-state index contributed by atoms with van der Waals surface area (Å²) in [6, 6.07) is 9.30. The summed E-state index contributed by atoms with van der Waals surface area (Å²) >= 11 is 0. The van der Waals surface area contributed by atoms with Crippen LogP contribution in [0, 0.1) is 5.82 Å². The first-order valence-corrected chi connectivity index (χ1v) is 19.7. The zero-order valence-electron chi connectivity index (χ0n) is 30.7. The van der Waals surface area contributed by atoms with E-state index < -0.39 is 6.17 Å². The molecule has 0 spiro atoms. The second kappa shape index (κ2) is 13.0. The van der Waals surface area contributed by atoms with E-state index in [9.17, 15) is 14.3 Å². The SMILES string of the molecule is CCc1c(F)ccc2cc(O)cc(N3CCc4c(nc(OC[C@@]56CCCN5C[C@H](F)C6)nc4N4CCCn5nc(C(=O)N6[C@@H]7CNC[C@H]6C7)cc5C4)C3)c12. The molecule has 0 saturated carbocycles. The number of nitrogens with one attached hydrogen (secondary N) is 1. The Morgan fingerprint density at radius 2 is 1.93 bits per heavy atom. The standard InChI is InChI=1S/C40H47F2N9O3/c1-2-30-32(42)6-5-24-13-29(52)16-35(36(24)30)47-12-7-31-34(22-47)44-39(54-23-40-8-3-10-49(40)20-25(41)17-40)45-37(31)48-9-4-11-50-28(21-48)15-33(46-50)38(53)51-26-14-27(51)19-43-18-26/h5-6,13,15-16,25-27,43,52H,2-4,7-12,14,17-23H2,1H3/t25-,26-,27+,40+/m1/s1. The third kappa shape index (κ3) is 5.58. The Morgan fingerprint density at radius 3 is 2.76 bits per heavy atom. The summed E-state index contributed by atoms with van der Waals surface area (Å²) in [5.74, 6) is 0.679. The monoisotopic (exact) mass is 739 g/mol. The number of carbonyl (C=O) groups is 1. The molecule has 4 fully saturated rings. The summed E-state index contributed by atoms with van der Waals surface area (Å²) in [7, 11) is 0. The highest BCUT2D eigenvalue weighted by atomic mass is 19.1. The summed E-state index contributed by atoms with van der Waals surface area (Å²) in [5, 5.41) is 20.6. The minimum Gasteiger partial charge on any atom is -0.508 e. The molecule has 4 atom stereocenters. The minimum atomic E-state index is -0.867. The number of piperazine rings is 1. The lowest BCUT2D eigenvalue weighted by Gasteiger charge is -2.52. The second-order valence-corrected chi connectivity index (χ2v) is 16.2. The van der Waals surface area contributed by atoms with Gasteiger partial charge in [-0.05, 0) is 74.2 Å². The Morgan fingerprint density at radius 1 is 1.06 bits per heavy atom. The van der Waals surface area contributed by atoms with Crippen LogP contribution >= 0.6 is 0 Å². The van der Waals surface area contributed by atoms with Crippen molar-refractivity contribution in [2.45, 2.75) is 95.3 Å². The van der Waals surface area contributed by atoms with Crippen molar-refractivity contribution in [3.63, 3.8) is 0 Å². The average Bonchev–Trinajstić information content (AvgIpc) is 3.80. The summed E-state index contributed by atoms with van der Waals surface area (Å²) in [6.07, 6.45) is 4.49. The van der Waals surface area contributed by atoms with Crippen molar-refractivity contribution in [1.29, 1.82) is 0 Å². The van der Waals surface area contributed by atoms with Crippen molar-refractivity contribution in [2.24, 2.45) is 0 Å². The first kappa shape index (κ1) is 34.0. The Bertz CT molecular complexity index is 2130. The molecule has 10 rings (SSSR count). The lowest BCUT2D eigenvalue weighted by Crippen LogP contribution is -2.69. The van der Waals surface area contributed by atoms with Crippen molar-refractivity contribution in [3.05, 3.63) is 64.4 Å². The van der Waals surface area contributed by atoms with E-state index >= 15 is 4.39 Å². The van der Waals surface area contributed by atoms with Gasteiger partial charge < -0.3 is 29.9 Å². The molecule has 2 N–H and O–H groups in total. The molecule has 0 aliphatic carbocycles. The molecule has 8 heterocycles. The van der Waals surface area contributed by atoms with Crippen LogP contribution in [0.4, 0.5) is 20.3 Å². The van der Waals surface area contributed by atoms with Crippen molar-refractivity contribution in [2.75, 3.05) is 55.7 Å². The van der Waals surface area contributed by atoms with Gasteiger partial charge >= 0.3 is 6.01 Å². The maximum Gasteiger partial charge on any atom is 0.318 e. The predicted octanol–water partition coefficient (Wildman–Crippen LogP) is 4.35. The van der Waals surface area contributed by atoms with Crippen LogP contribution in [0.1, 0.15) is 72.0 Å². The number of phenolic OH excluding ortho intramolecular Hbond substituents is 1. The quantitative estimate of drug-likeness (QED) is 0.284. The maximum atomic E-state index is 15.2. The number of alkyl halides is 1. The van der Waals surface area contributed by atoms with Gasteiger partial charge in [-0.3, -0.25) is 14.4 Å². The van der Waals surface area contributed by atoms with Gasteiger partial charge in [0.2, 0.25) is 0 Å². The zero-order chi connectivity index (χ0) is 36.7. The van der Waals surface area contributed by atoms with Gasteiger partial charge in [-0.1, -0.05) is 13.0 Å². The first-order valence-electron chi connectivity index (χ1n) is 19.7. The molecule has 12 nitrogen and oxygen atoms in total. The van der Waals surface area contributed by atoms with Crippen molar-refractivity contribution in [1.82, 2.24) is 34.9 Å². The van der Waals surface area contributed by atoms with Crippen LogP contribution in [0.3, 0.4) is 0 Å². The Hall–Kier alpha value is -4.56. The topological polar surface area (TPSA) is 115 Å². The molecular weight excluding hydrogens is 692 g/mol. The molecule has 6 aliphatic heterocycles. The molecule has 284 valence electrons. The smallest absolute Gasteiger partial charge is 0.318 e. The molecule has 0 unspecified atom stereocenters. The number of carbonyl (C=O) groups excluding carboxylic acids is 1. The number of aromatic nitrogens is 4. The van der Waals surface area contributed by atoms with Gasteiger partial charge in [-0.2, -0.15) is 15.1 Å². The zero-order valence-corrected chi connectivity index (χ0v) is 30.7. The largest absolute Gasteiger partial charge is 0.508 e. The number of aromatic hydroxyl groups is 1. The highest BCUT2D eigenvalue weighted by Crippen LogP contribution is 2.42. The van der Waals surface area contributed by atoms with Gasteiger partial charge in [0.25, 0.3) is 5.91 Å². The molecule has 2 aromatic carbocycles. The number of ether oxygens (including phenoxy) is 1. The highest BCUT2D eigenvalue weighted by molar-refractivity contribution is 5.98. The van der Waals surface area contributed by atoms with E-state index in [0.29, 0.717) is 69.9 Å². The van der Waals surface area contributed by atoms with E-state index in [1.54, 1.807) is 18.2 Å². The summed E-state index contributed by atoms with van der Waals surface area (Å²) in [4.78, 5) is 32.4. The van der Waals surface area contributed by atoms with Crippen molar-refractivity contribution >= 4 is 28.2 Å². The van der Waals surface area contributed by atoms with Gasteiger partial charge in [-0.25, -0.2) is 8.78 Å². The first-order chi connectivity index (χ1) is 26.3. The number of hydrogen-bond donors (Lipinski definition) is 2. The Kier molecular flexibility index (Phi) is 8.20. The van der Waals surface area contributed by atoms with E-state index in [1.807, 2.05) is 22.6 Å². The van der Waals surface area contributed by atoms with Gasteiger partial charge in [0, 0.05) is 80.5 Å². The average molecular weight is 740 g/mol. The number of amides is 1. The number of piperidine rings is 1. The molecule has 54 heavy (non-hydrogen) atoms. The molecule has 2 bridgehead atoms. The number of nitrogens with zero attached hydrogens (tertiary/aromatic N) is 8. The Balaban J connectivity index is 0.996. The fraction of sp³-hybridized carbons (Fsp3) is 0.550. The molecular formula is C40H47F2N9O3. The number of hydrogen-bond acceptors (Lipinski definition) is 10. The Labute approximate surface area is 313 Å². The molecule has 14 heteroatoms. The molecule has 6 aliphatic rings. The minimum absolute atomic E-state index is 0.00779. The summed E-state index contributed by atoms with van der Waals surface area (Å²) in [5.41, 5.74) is 4.35. The fourth-order valence-electron chi connectivity index (χ4n) is 10.3. The molecule has 1 amide bonds. The van der Waals surface area contributed by atoms with E-state index in [4.69, 9.17) is 19.8 Å². The number of fused-ring (bicyclic) bond motifs is 6. The lowest BCUT2D eigenvalue weighted by molar-refractivity contribution is -0.00273. The van der Waals surface area contributed by atoms with Crippen LogP contribution in [0.5, 0.6) is 11.8 Å². The molecule has 2 aromatic heterocycles. The third-order valence-electron chi connectivity index (χ3n) is 12.9. The van der Waals surface area contributed by atoms with E-state index in [2.05, 4.69) is 20.0 Å². The van der Waals surface area contributed by atoms with Crippen LogP contribution in [0.2, 0.25) is 0 Å². The molecule has 4 aromatic rings. The maximum absolute atomic E-state index is 15.2. The predicted molar refractivity (Wildman–Crippen MR) is 199 cm³/mol. The number of rotatable bonds is 7. The van der Waals surface area contributed by atoms with Crippen LogP contribution < -0.4 is 19.9 Å².